The zero-order chi connectivity index (χ0) is 10.3. The predicted molar refractivity (Wildman–Crippen MR) is 54.0 cm³/mol. The fourth-order valence-corrected chi connectivity index (χ4v) is 1.64. The van der Waals surface area contributed by atoms with Gasteiger partial charge in [0.1, 0.15) is 0 Å². The standard InChI is InChI=1S/C10H15N3O/c1-5-4-8(5)10(14)11-9-6(2)12-13-7(9)3/h5,8H,4H2,1-3H3,(H,11,14)(H,12,13). The third-order valence-corrected chi connectivity index (χ3v) is 2.82. The number of hydrogen-bond donors (Lipinski definition) is 2. The van der Waals surface area contributed by atoms with E-state index in [4.69, 9.17) is 0 Å². The number of nitrogens with one attached hydrogen (secondary N) is 2. The summed E-state index contributed by atoms with van der Waals surface area (Å²) >= 11 is 0. The number of carbonyl (C=O) groups excluding carboxylic acids is 1. The lowest BCUT2D eigenvalue weighted by Gasteiger charge is -2.03. The molecule has 0 aromatic carbocycles. The molecule has 1 heterocycles. The number of nitrogens with zero attached hydrogens (tertiary/aromatic N) is 1. The van der Waals surface area contributed by atoms with Crippen LogP contribution in [0.15, 0.2) is 0 Å². The van der Waals surface area contributed by atoms with E-state index in [1.54, 1.807) is 0 Å². The Kier molecular flexibility index (Phi) is 2.06. The van der Waals surface area contributed by atoms with Gasteiger partial charge in [0.2, 0.25) is 5.91 Å². The molecule has 1 fully saturated rings. The Labute approximate surface area is 83.1 Å². The number of amides is 1. The Hall–Kier alpha value is -1.32. The van der Waals surface area contributed by atoms with Gasteiger partial charge in [-0.2, -0.15) is 5.10 Å². The van der Waals surface area contributed by atoms with Crippen molar-refractivity contribution in [2.45, 2.75) is 27.2 Å². The van der Waals surface area contributed by atoms with E-state index in [2.05, 4.69) is 22.4 Å². The van der Waals surface area contributed by atoms with Crippen LogP contribution in [0.3, 0.4) is 0 Å². The van der Waals surface area contributed by atoms with E-state index in [-0.39, 0.29) is 11.8 Å². The van der Waals surface area contributed by atoms with Crippen molar-refractivity contribution >= 4 is 11.6 Å². The summed E-state index contributed by atoms with van der Waals surface area (Å²) in [7, 11) is 0. The third kappa shape index (κ3) is 1.52. The Balaban J connectivity index is 2.07. The number of rotatable bonds is 2. The molecule has 1 aromatic heterocycles. The van der Waals surface area contributed by atoms with Gasteiger partial charge >= 0.3 is 0 Å². The average molecular weight is 193 g/mol. The molecule has 76 valence electrons. The molecule has 2 atom stereocenters. The van der Waals surface area contributed by atoms with Crippen molar-refractivity contribution in [2.75, 3.05) is 5.32 Å². The molecule has 14 heavy (non-hydrogen) atoms. The summed E-state index contributed by atoms with van der Waals surface area (Å²) in [5.41, 5.74) is 2.61. The summed E-state index contributed by atoms with van der Waals surface area (Å²) in [6.45, 7) is 5.89. The number of carbonyl (C=O) groups is 1. The first kappa shape index (κ1) is 9.24. The van der Waals surface area contributed by atoms with Crippen LogP contribution in [0.2, 0.25) is 0 Å². The minimum Gasteiger partial charge on any atom is -0.323 e. The second-order valence-electron chi connectivity index (χ2n) is 4.12. The SMILES string of the molecule is Cc1n[nH]c(C)c1NC(=O)C1CC1C. The highest BCUT2D eigenvalue weighted by atomic mass is 16.2. The van der Waals surface area contributed by atoms with Crippen LogP contribution < -0.4 is 5.32 Å². The lowest BCUT2D eigenvalue weighted by atomic mass is 10.2. The number of aromatic nitrogens is 2. The van der Waals surface area contributed by atoms with Crippen LogP contribution in [-0.4, -0.2) is 16.1 Å². The van der Waals surface area contributed by atoms with Crippen LogP contribution in [0, 0.1) is 25.7 Å². The molecule has 1 aliphatic rings. The first-order chi connectivity index (χ1) is 6.59. The van der Waals surface area contributed by atoms with E-state index in [0.717, 1.165) is 23.5 Å². The van der Waals surface area contributed by atoms with Crippen molar-refractivity contribution in [3.8, 4) is 0 Å². The van der Waals surface area contributed by atoms with Crippen LogP contribution in [0.4, 0.5) is 5.69 Å². The maximum Gasteiger partial charge on any atom is 0.227 e. The molecular formula is C10H15N3O. The molecule has 0 spiro atoms. The van der Waals surface area contributed by atoms with E-state index < -0.39 is 0 Å². The van der Waals surface area contributed by atoms with Crippen LogP contribution in [0.1, 0.15) is 24.7 Å². The van der Waals surface area contributed by atoms with Gasteiger partial charge in [-0.1, -0.05) is 6.92 Å². The van der Waals surface area contributed by atoms with Gasteiger partial charge < -0.3 is 5.32 Å². The molecule has 0 aliphatic heterocycles. The molecule has 4 nitrogen and oxygen atoms in total. The Morgan fingerprint density at radius 3 is 2.64 bits per heavy atom. The Morgan fingerprint density at radius 1 is 1.57 bits per heavy atom. The van der Waals surface area contributed by atoms with Crippen LogP contribution in [-0.2, 0) is 4.79 Å². The van der Waals surface area contributed by atoms with E-state index in [1.807, 2.05) is 13.8 Å². The topological polar surface area (TPSA) is 57.8 Å². The fourth-order valence-electron chi connectivity index (χ4n) is 1.64. The van der Waals surface area contributed by atoms with Gasteiger partial charge in [-0.05, 0) is 26.2 Å². The molecular weight excluding hydrogens is 178 g/mol. The number of hydrogen-bond acceptors (Lipinski definition) is 2. The highest BCUT2D eigenvalue weighted by Gasteiger charge is 2.39. The Bertz CT molecular complexity index is 350. The van der Waals surface area contributed by atoms with Crippen molar-refractivity contribution in [1.29, 1.82) is 0 Å². The van der Waals surface area contributed by atoms with Crippen molar-refractivity contribution in [2.24, 2.45) is 11.8 Å². The van der Waals surface area contributed by atoms with Gasteiger partial charge in [0.25, 0.3) is 0 Å². The van der Waals surface area contributed by atoms with Gasteiger partial charge in [0, 0.05) is 5.92 Å². The van der Waals surface area contributed by atoms with Crippen LogP contribution >= 0.6 is 0 Å². The second-order valence-corrected chi connectivity index (χ2v) is 4.12. The van der Waals surface area contributed by atoms with Gasteiger partial charge in [0.05, 0.1) is 17.1 Å². The molecule has 4 heteroatoms. The average Bonchev–Trinajstić information content (AvgIpc) is 2.79. The maximum absolute atomic E-state index is 11.6. The highest BCUT2D eigenvalue weighted by molar-refractivity contribution is 5.95. The number of H-pyrrole nitrogens is 1. The van der Waals surface area contributed by atoms with Gasteiger partial charge in [-0.25, -0.2) is 0 Å². The highest BCUT2D eigenvalue weighted by Crippen LogP contribution is 2.38. The molecule has 2 rings (SSSR count). The second kappa shape index (κ2) is 3.12. The first-order valence-corrected chi connectivity index (χ1v) is 4.92. The van der Waals surface area contributed by atoms with Gasteiger partial charge in [0.15, 0.2) is 0 Å². The molecule has 0 bridgehead atoms. The number of aromatic amines is 1. The van der Waals surface area contributed by atoms with E-state index >= 15 is 0 Å². The predicted octanol–water partition coefficient (Wildman–Crippen LogP) is 1.62. The lowest BCUT2D eigenvalue weighted by Crippen LogP contribution is -2.15. The Morgan fingerprint density at radius 2 is 2.21 bits per heavy atom. The van der Waals surface area contributed by atoms with E-state index in [1.165, 1.54) is 0 Å². The van der Waals surface area contributed by atoms with Crippen molar-refractivity contribution < 1.29 is 4.79 Å². The summed E-state index contributed by atoms with van der Waals surface area (Å²) < 4.78 is 0. The van der Waals surface area contributed by atoms with Gasteiger partial charge in [-0.3, -0.25) is 9.89 Å². The van der Waals surface area contributed by atoms with Crippen LogP contribution in [0.25, 0.3) is 0 Å². The zero-order valence-corrected chi connectivity index (χ0v) is 8.72. The van der Waals surface area contributed by atoms with Crippen molar-refractivity contribution in [3.63, 3.8) is 0 Å². The van der Waals surface area contributed by atoms with Crippen LogP contribution in [0.5, 0.6) is 0 Å². The smallest absolute Gasteiger partial charge is 0.227 e. The largest absolute Gasteiger partial charge is 0.323 e. The molecule has 0 radical (unpaired) electrons. The zero-order valence-electron chi connectivity index (χ0n) is 8.72. The summed E-state index contributed by atoms with van der Waals surface area (Å²) in [6, 6.07) is 0. The lowest BCUT2D eigenvalue weighted by molar-refractivity contribution is -0.117. The van der Waals surface area contributed by atoms with Crippen molar-refractivity contribution in [3.05, 3.63) is 11.4 Å². The maximum atomic E-state index is 11.6. The summed E-state index contributed by atoms with van der Waals surface area (Å²) in [6.07, 6.45) is 1.02. The van der Waals surface area contributed by atoms with Crippen molar-refractivity contribution in [1.82, 2.24) is 10.2 Å². The molecule has 2 unspecified atom stereocenters. The minimum atomic E-state index is 0.130. The monoisotopic (exact) mass is 193 g/mol. The normalized spacial score (nSPS) is 24.8. The molecule has 1 aromatic rings. The molecule has 1 aliphatic carbocycles. The fraction of sp³-hybridized carbons (Fsp3) is 0.600. The van der Waals surface area contributed by atoms with E-state index in [9.17, 15) is 4.79 Å². The molecule has 0 saturated heterocycles. The summed E-state index contributed by atoms with van der Waals surface area (Å²) in [5.74, 6) is 0.885. The number of anilines is 1. The number of aryl methyl sites for hydroxylation is 2. The molecule has 1 amide bonds. The third-order valence-electron chi connectivity index (χ3n) is 2.82. The molecule has 2 N–H and O–H groups in total. The summed E-state index contributed by atoms with van der Waals surface area (Å²) in [5, 5.41) is 9.79. The van der Waals surface area contributed by atoms with Gasteiger partial charge in [-0.15, -0.1) is 0 Å². The quantitative estimate of drug-likeness (QED) is 0.749. The summed E-state index contributed by atoms with van der Waals surface area (Å²) in [4.78, 5) is 11.6. The minimum absolute atomic E-state index is 0.130. The van der Waals surface area contributed by atoms with E-state index in [0.29, 0.717) is 5.92 Å². The first-order valence-electron chi connectivity index (χ1n) is 4.92. The molecule has 1 saturated carbocycles.